The van der Waals surface area contributed by atoms with Crippen LogP contribution in [-0.2, 0) is 65.4 Å². The van der Waals surface area contributed by atoms with Crippen molar-refractivity contribution in [2.24, 2.45) is 23.7 Å². The van der Waals surface area contributed by atoms with Crippen molar-refractivity contribution in [3.05, 3.63) is 0 Å². The van der Waals surface area contributed by atoms with Gasteiger partial charge < -0.3 is 33.8 Å². The quantitative estimate of drug-likeness (QED) is 0.0222. The Morgan fingerprint density at radius 3 is 0.639 bits per heavy atom. The van der Waals surface area contributed by atoms with Crippen LogP contribution >= 0.6 is 15.6 Å². The topological polar surface area (TPSA) is 237 Å². The average molecular weight is 1420 g/mol. The summed E-state index contributed by atoms with van der Waals surface area (Å²) in [6, 6.07) is 0. The van der Waals surface area contributed by atoms with Gasteiger partial charge in [-0.1, -0.05) is 344 Å². The number of phosphoric ester groups is 2. The number of aliphatic hydroxyl groups is 1. The van der Waals surface area contributed by atoms with E-state index in [2.05, 4.69) is 55.4 Å². The van der Waals surface area contributed by atoms with E-state index in [0.29, 0.717) is 31.6 Å². The summed E-state index contributed by atoms with van der Waals surface area (Å²) in [4.78, 5) is 72.9. The summed E-state index contributed by atoms with van der Waals surface area (Å²) in [6.07, 6.45) is 52.8. The zero-order valence-corrected chi connectivity index (χ0v) is 65.5. The minimum absolute atomic E-state index is 0.106. The molecule has 0 aromatic heterocycles. The Morgan fingerprint density at radius 1 is 0.258 bits per heavy atom. The third kappa shape index (κ3) is 72.2. The summed E-state index contributed by atoms with van der Waals surface area (Å²) in [5.41, 5.74) is 0. The summed E-state index contributed by atoms with van der Waals surface area (Å²) in [6.45, 7) is 14.2. The highest BCUT2D eigenvalue weighted by molar-refractivity contribution is 7.47. The van der Waals surface area contributed by atoms with Crippen LogP contribution in [-0.4, -0.2) is 96.7 Å². The van der Waals surface area contributed by atoms with Crippen LogP contribution in [0.1, 0.15) is 396 Å². The van der Waals surface area contributed by atoms with E-state index in [9.17, 15) is 43.2 Å². The molecule has 0 spiro atoms. The van der Waals surface area contributed by atoms with Crippen LogP contribution in [0.25, 0.3) is 0 Å². The molecular weight excluding hydrogens is 1270 g/mol. The van der Waals surface area contributed by atoms with Crippen LogP contribution in [0.5, 0.6) is 0 Å². The van der Waals surface area contributed by atoms with E-state index in [-0.39, 0.29) is 25.7 Å². The Hall–Kier alpha value is -1.94. The number of carbonyl (C=O) groups excluding carboxylic acids is 4. The number of ether oxygens (including phenoxy) is 4. The second-order valence-electron chi connectivity index (χ2n) is 30.0. The lowest BCUT2D eigenvalue weighted by atomic mass is 10.0. The van der Waals surface area contributed by atoms with Crippen LogP contribution < -0.4 is 0 Å². The van der Waals surface area contributed by atoms with Gasteiger partial charge in [-0.05, 0) is 49.4 Å². The van der Waals surface area contributed by atoms with Crippen molar-refractivity contribution < 1.29 is 80.2 Å². The first-order valence-corrected chi connectivity index (χ1v) is 43.2. The van der Waals surface area contributed by atoms with Gasteiger partial charge in [-0.25, -0.2) is 9.13 Å². The van der Waals surface area contributed by atoms with E-state index in [1.807, 2.05) is 0 Å². The van der Waals surface area contributed by atoms with Crippen LogP contribution in [0.2, 0.25) is 0 Å². The Morgan fingerprint density at radius 2 is 0.433 bits per heavy atom. The minimum Gasteiger partial charge on any atom is -0.462 e. The van der Waals surface area contributed by atoms with Gasteiger partial charge in [-0.2, -0.15) is 0 Å². The van der Waals surface area contributed by atoms with Gasteiger partial charge in [-0.3, -0.25) is 37.3 Å². The lowest BCUT2D eigenvalue weighted by Crippen LogP contribution is -2.30. The van der Waals surface area contributed by atoms with Gasteiger partial charge in [0, 0.05) is 25.7 Å². The molecule has 0 rings (SSSR count). The number of carbonyl (C=O) groups is 4. The molecule has 97 heavy (non-hydrogen) atoms. The van der Waals surface area contributed by atoms with Crippen molar-refractivity contribution in [2.75, 3.05) is 39.6 Å². The Balaban J connectivity index is 5.24. The van der Waals surface area contributed by atoms with Crippen LogP contribution in [0.3, 0.4) is 0 Å². The van der Waals surface area contributed by atoms with Crippen molar-refractivity contribution in [1.82, 2.24) is 0 Å². The zero-order chi connectivity index (χ0) is 71.7. The molecule has 0 heterocycles. The summed E-state index contributed by atoms with van der Waals surface area (Å²) in [5.74, 6) is 0.924. The molecule has 17 nitrogen and oxygen atoms in total. The number of phosphoric acid groups is 2. The second kappa shape index (κ2) is 67.2. The molecule has 19 heteroatoms. The van der Waals surface area contributed by atoms with Crippen LogP contribution in [0, 0.1) is 23.7 Å². The first-order chi connectivity index (χ1) is 46.6. The fraction of sp³-hybridized carbons (Fsp3) is 0.949. The maximum absolute atomic E-state index is 13.1. The molecule has 0 radical (unpaired) electrons. The predicted molar refractivity (Wildman–Crippen MR) is 395 cm³/mol. The standard InChI is InChI=1S/C78H152O17P2/c1-68(2)54-46-38-30-24-18-12-9-10-14-22-28-34-44-52-60-77(82)94-73(64-88-75(80)58-50-42-33-27-21-17-16-20-26-32-40-48-56-70(5)6)66-92-96(84,85)90-62-72(79)63-91-97(86,87)93-67-74(65-89-76(81)59-51-43-37-36-41-49-57-71(7)8)95-78(83)61-53-45-35-29-23-15-11-13-19-25-31-39-47-55-69(3)4/h68-74,79H,9-67H2,1-8H3,(H,84,85)(H,86,87)/t72-,73-,74-/m1/s1. The molecule has 576 valence electrons. The zero-order valence-electron chi connectivity index (χ0n) is 63.7. The fourth-order valence-electron chi connectivity index (χ4n) is 11.9. The van der Waals surface area contributed by atoms with E-state index in [0.717, 1.165) is 114 Å². The van der Waals surface area contributed by atoms with Gasteiger partial charge in [0.05, 0.1) is 26.4 Å². The molecule has 0 aromatic rings. The molecule has 0 fully saturated rings. The summed E-state index contributed by atoms with van der Waals surface area (Å²) < 4.78 is 68.6. The van der Waals surface area contributed by atoms with Crippen molar-refractivity contribution >= 4 is 39.5 Å². The van der Waals surface area contributed by atoms with Gasteiger partial charge in [0.15, 0.2) is 12.2 Å². The molecule has 0 aliphatic rings. The molecule has 0 bridgehead atoms. The number of rotatable bonds is 75. The molecule has 0 amide bonds. The molecule has 0 aliphatic carbocycles. The smallest absolute Gasteiger partial charge is 0.462 e. The highest BCUT2D eigenvalue weighted by Gasteiger charge is 2.30. The number of esters is 4. The van der Waals surface area contributed by atoms with E-state index >= 15 is 0 Å². The number of aliphatic hydroxyl groups excluding tert-OH is 1. The summed E-state index contributed by atoms with van der Waals surface area (Å²) >= 11 is 0. The van der Waals surface area contributed by atoms with Gasteiger partial charge in [0.25, 0.3) is 0 Å². The van der Waals surface area contributed by atoms with Gasteiger partial charge in [0.2, 0.25) is 0 Å². The highest BCUT2D eigenvalue weighted by atomic mass is 31.2. The SMILES string of the molecule is CC(C)CCCCCCCCCCCCCCCCC(=O)O[C@H](COC(=O)CCCCCCCCCCCCCCC(C)C)COP(=O)(O)OC[C@@H](O)COP(=O)(O)OC[C@@H](COC(=O)CCCCCCCCC(C)C)OC(=O)CCCCCCCCCCCCCCCC(C)C. The van der Waals surface area contributed by atoms with E-state index in [4.69, 9.17) is 37.0 Å². The molecular formula is C78H152O17P2. The predicted octanol–water partition coefficient (Wildman–Crippen LogP) is 22.8. The number of unbranched alkanes of at least 4 members (excludes halogenated alkanes) is 41. The molecule has 0 saturated heterocycles. The van der Waals surface area contributed by atoms with E-state index in [1.54, 1.807) is 0 Å². The van der Waals surface area contributed by atoms with Gasteiger partial charge >= 0.3 is 39.5 Å². The average Bonchev–Trinajstić information content (AvgIpc) is 1.12. The van der Waals surface area contributed by atoms with Crippen molar-refractivity contribution in [3.8, 4) is 0 Å². The maximum Gasteiger partial charge on any atom is 0.472 e. The largest absolute Gasteiger partial charge is 0.472 e. The van der Waals surface area contributed by atoms with Crippen molar-refractivity contribution in [1.29, 1.82) is 0 Å². The van der Waals surface area contributed by atoms with Crippen molar-refractivity contribution in [3.63, 3.8) is 0 Å². The minimum atomic E-state index is -4.96. The summed E-state index contributed by atoms with van der Waals surface area (Å²) in [7, 11) is -9.92. The lowest BCUT2D eigenvalue weighted by Gasteiger charge is -2.21. The monoisotopic (exact) mass is 1420 g/mol. The fourth-order valence-corrected chi connectivity index (χ4v) is 13.5. The Bertz CT molecular complexity index is 1900. The van der Waals surface area contributed by atoms with Crippen molar-refractivity contribution in [2.45, 2.75) is 414 Å². The highest BCUT2D eigenvalue weighted by Crippen LogP contribution is 2.45. The lowest BCUT2D eigenvalue weighted by molar-refractivity contribution is -0.161. The second-order valence-corrected chi connectivity index (χ2v) is 32.9. The molecule has 0 aliphatic heterocycles. The Labute approximate surface area is 594 Å². The Kier molecular flexibility index (Phi) is 65.9. The first kappa shape index (κ1) is 95.1. The van der Waals surface area contributed by atoms with Gasteiger partial charge in [-0.15, -0.1) is 0 Å². The third-order valence-corrected chi connectivity index (χ3v) is 20.0. The molecule has 0 saturated carbocycles. The first-order valence-electron chi connectivity index (χ1n) is 40.2. The molecule has 5 atom stereocenters. The van der Waals surface area contributed by atoms with E-state index < -0.39 is 97.5 Å². The summed E-state index contributed by atoms with van der Waals surface area (Å²) in [5, 5.41) is 10.6. The van der Waals surface area contributed by atoms with Crippen LogP contribution in [0.4, 0.5) is 0 Å². The number of hydrogen-bond donors (Lipinski definition) is 3. The molecule has 0 aromatic carbocycles. The number of hydrogen-bond acceptors (Lipinski definition) is 15. The normalized spacial score (nSPS) is 14.1. The third-order valence-electron chi connectivity index (χ3n) is 18.1. The molecule has 2 unspecified atom stereocenters. The van der Waals surface area contributed by atoms with Gasteiger partial charge in [0.1, 0.15) is 19.3 Å². The van der Waals surface area contributed by atoms with Crippen LogP contribution in [0.15, 0.2) is 0 Å². The maximum atomic E-state index is 13.1. The molecule has 3 N–H and O–H groups in total. The van der Waals surface area contributed by atoms with E-state index in [1.165, 1.54) is 193 Å².